The summed E-state index contributed by atoms with van der Waals surface area (Å²) in [5, 5.41) is 2.46. The molecule has 1 aromatic carbocycles. The number of aromatic nitrogens is 1. The zero-order valence-corrected chi connectivity index (χ0v) is 16.3. The summed E-state index contributed by atoms with van der Waals surface area (Å²) in [4.78, 5) is 40.4. The van der Waals surface area contributed by atoms with Gasteiger partial charge in [-0.15, -0.1) is 0 Å². The summed E-state index contributed by atoms with van der Waals surface area (Å²) in [6.45, 7) is 0.0378. The zero-order chi connectivity index (χ0) is 21.6. The molecule has 10 heteroatoms. The van der Waals surface area contributed by atoms with Crippen LogP contribution in [0, 0.1) is 23.5 Å². The van der Waals surface area contributed by atoms with E-state index in [0.717, 1.165) is 6.07 Å². The minimum absolute atomic E-state index is 0.0722. The first-order chi connectivity index (χ1) is 14.9. The van der Waals surface area contributed by atoms with E-state index >= 15 is 0 Å². The standard InChI is InChI=1S/C21H17F2N3O5/c1-30-19-16-21(29)26-12(31-18-13-14(18)15(13)26)7-25(16)6-10(17(19)27)20(28)24-5-8-2-3-9(22)4-11(8)23/h2-4,6,12-15,18H,5,7H2,1H3,(H,24,28). The summed E-state index contributed by atoms with van der Waals surface area (Å²) in [6, 6.07) is 3.17. The van der Waals surface area contributed by atoms with Gasteiger partial charge < -0.3 is 24.3 Å². The predicted molar refractivity (Wildman–Crippen MR) is 100 cm³/mol. The molecule has 3 atom stereocenters. The summed E-state index contributed by atoms with van der Waals surface area (Å²) >= 11 is 0. The van der Waals surface area contributed by atoms with E-state index in [9.17, 15) is 23.2 Å². The molecule has 8 nitrogen and oxygen atoms in total. The van der Waals surface area contributed by atoms with Crippen LogP contribution in [0.15, 0.2) is 29.2 Å². The Kier molecular flexibility index (Phi) is 3.66. The van der Waals surface area contributed by atoms with Crippen molar-refractivity contribution in [1.29, 1.82) is 0 Å². The van der Waals surface area contributed by atoms with E-state index in [2.05, 4.69) is 5.32 Å². The van der Waals surface area contributed by atoms with Crippen LogP contribution in [0.5, 0.6) is 5.75 Å². The zero-order valence-electron chi connectivity index (χ0n) is 16.3. The van der Waals surface area contributed by atoms with Crippen LogP contribution in [0.3, 0.4) is 0 Å². The Morgan fingerprint density at radius 3 is 2.77 bits per heavy atom. The van der Waals surface area contributed by atoms with Gasteiger partial charge in [-0.05, 0) is 6.07 Å². The van der Waals surface area contributed by atoms with Gasteiger partial charge in [0.15, 0.2) is 17.7 Å². The Labute approximate surface area is 174 Å². The second-order valence-electron chi connectivity index (χ2n) is 8.24. The smallest absolute Gasteiger partial charge is 0.276 e. The highest BCUT2D eigenvalue weighted by Crippen LogP contribution is 2.70. The Morgan fingerprint density at radius 1 is 1.29 bits per heavy atom. The van der Waals surface area contributed by atoms with E-state index in [1.807, 2.05) is 0 Å². The molecule has 1 aromatic heterocycles. The van der Waals surface area contributed by atoms with Crippen LogP contribution >= 0.6 is 0 Å². The molecule has 160 valence electrons. The molecule has 2 aromatic rings. The lowest BCUT2D eigenvalue weighted by Crippen LogP contribution is -2.58. The number of pyridine rings is 1. The largest absolute Gasteiger partial charge is 0.491 e. The van der Waals surface area contributed by atoms with Gasteiger partial charge in [-0.2, -0.15) is 0 Å². The molecule has 4 heterocycles. The highest BCUT2D eigenvalue weighted by atomic mass is 19.1. The molecule has 2 bridgehead atoms. The first-order valence-electron chi connectivity index (χ1n) is 9.92. The number of carbonyl (C=O) groups is 2. The maximum atomic E-state index is 13.8. The van der Waals surface area contributed by atoms with E-state index < -0.39 is 29.2 Å². The number of carbonyl (C=O) groups excluding carboxylic acids is 2. The third-order valence-electron chi connectivity index (χ3n) is 6.59. The van der Waals surface area contributed by atoms with E-state index in [1.165, 1.54) is 23.9 Å². The Hall–Kier alpha value is -3.27. The minimum Gasteiger partial charge on any atom is -0.491 e. The normalized spacial score (nSPS) is 28.9. The lowest BCUT2D eigenvalue weighted by atomic mass is 10.1. The number of fused-ring (bicyclic) bond motifs is 1. The fourth-order valence-electron chi connectivity index (χ4n) is 4.88. The molecule has 31 heavy (non-hydrogen) atoms. The van der Waals surface area contributed by atoms with Crippen LogP contribution in [0.1, 0.15) is 26.4 Å². The van der Waals surface area contributed by atoms with Gasteiger partial charge in [-0.25, -0.2) is 8.78 Å². The van der Waals surface area contributed by atoms with Crippen molar-refractivity contribution in [2.24, 2.45) is 11.8 Å². The number of nitrogens with zero attached hydrogens (tertiary/aromatic N) is 2. The SMILES string of the molecule is COc1c2n(cc(C(=O)NCc3ccc(F)cc3F)c1=O)CC1OC3C4C3C4N1C2=O. The molecule has 3 aliphatic heterocycles. The van der Waals surface area contributed by atoms with Crippen molar-refractivity contribution in [3.63, 3.8) is 0 Å². The number of nitrogens with one attached hydrogen (secondary N) is 1. The van der Waals surface area contributed by atoms with E-state index in [-0.39, 0.29) is 53.7 Å². The van der Waals surface area contributed by atoms with Crippen LogP contribution in [0.4, 0.5) is 8.78 Å². The van der Waals surface area contributed by atoms with Crippen LogP contribution in [-0.2, 0) is 17.8 Å². The van der Waals surface area contributed by atoms with Crippen molar-refractivity contribution in [2.45, 2.75) is 31.5 Å². The Bertz CT molecular complexity index is 1220. The summed E-state index contributed by atoms with van der Waals surface area (Å²) in [5.41, 5.74) is -0.800. The van der Waals surface area contributed by atoms with Gasteiger partial charge in [0.2, 0.25) is 5.43 Å². The molecule has 0 spiro atoms. The Balaban J connectivity index is 1.31. The lowest BCUT2D eigenvalue weighted by Gasteiger charge is -2.44. The number of rotatable bonds is 4. The van der Waals surface area contributed by atoms with Crippen LogP contribution in [-0.4, -0.2) is 46.8 Å². The number of ether oxygens (including phenoxy) is 2. The topological polar surface area (TPSA) is 89.9 Å². The van der Waals surface area contributed by atoms with E-state index in [1.54, 1.807) is 4.90 Å². The summed E-state index contributed by atoms with van der Waals surface area (Å²) in [6.07, 6.45) is 1.07. The fourth-order valence-corrected chi connectivity index (χ4v) is 4.88. The molecule has 2 amide bonds. The molecule has 0 radical (unpaired) electrons. The molecule has 2 aliphatic carbocycles. The van der Waals surface area contributed by atoms with Crippen molar-refractivity contribution in [1.82, 2.24) is 14.8 Å². The maximum absolute atomic E-state index is 13.8. The Morgan fingerprint density at radius 2 is 2.06 bits per heavy atom. The molecule has 5 aliphatic rings. The van der Waals surface area contributed by atoms with Gasteiger partial charge in [0, 0.05) is 42.2 Å². The fraction of sp³-hybridized carbons (Fsp3) is 0.381. The first-order valence-corrected chi connectivity index (χ1v) is 9.92. The minimum atomic E-state index is -0.805. The average molecular weight is 429 g/mol. The van der Waals surface area contributed by atoms with Gasteiger partial charge >= 0.3 is 0 Å². The highest BCUT2D eigenvalue weighted by Gasteiger charge is 2.81. The molecule has 3 unspecified atom stereocenters. The molecule has 2 saturated carbocycles. The number of benzene rings is 1. The quantitative estimate of drug-likeness (QED) is 0.779. The van der Waals surface area contributed by atoms with E-state index in [0.29, 0.717) is 17.9 Å². The first kappa shape index (κ1) is 18.5. The van der Waals surface area contributed by atoms with Gasteiger partial charge in [0.25, 0.3) is 11.8 Å². The number of amides is 2. The van der Waals surface area contributed by atoms with Gasteiger partial charge in [-0.1, -0.05) is 6.07 Å². The van der Waals surface area contributed by atoms with Crippen LogP contribution in [0.2, 0.25) is 0 Å². The van der Waals surface area contributed by atoms with Gasteiger partial charge in [-0.3, -0.25) is 14.4 Å². The maximum Gasteiger partial charge on any atom is 0.276 e. The highest BCUT2D eigenvalue weighted by molar-refractivity contribution is 5.99. The predicted octanol–water partition coefficient (Wildman–Crippen LogP) is 0.874. The number of methoxy groups -OCH3 is 1. The van der Waals surface area contributed by atoms with Crippen LogP contribution in [0.25, 0.3) is 0 Å². The van der Waals surface area contributed by atoms with E-state index in [4.69, 9.17) is 9.47 Å². The second-order valence-corrected chi connectivity index (χ2v) is 8.24. The second kappa shape index (κ2) is 6.13. The molecular formula is C21H17F2N3O5. The van der Waals surface area contributed by atoms with Crippen LogP contribution < -0.4 is 15.5 Å². The van der Waals surface area contributed by atoms with Crippen molar-refractivity contribution >= 4 is 11.8 Å². The molecule has 2 saturated heterocycles. The molecular weight excluding hydrogens is 412 g/mol. The number of halogens is 2. The third-order valence-corrected chi connectivity index (χ3v) is 6.59. The molecule has 4 fully saturated rings. The summed E-state index contributed by atoms with van der Waals surface area (Å²) in [7, 11) is 1.27. The monoisotopic (exact) mass is 429 g/mol. The summed E-state index contributed by atoms with van der Waals surface area (Å²) < 4.78 is 39.6. The number of hydrogen-bond acceptors (Lipinski definition) is 5. The van der Waals surface area contributed by atoms with Gasteiger partial charge in [0.1, 0.15) is 17.2 Å². The summed E-state index contributed by atoms with van der Waals surface area (Å²) in [5.74, 6) is -2.03. The third kappa shape index (κ3) is 2.51. The molecule has 7 rings (SSSR count). The van der Waals surface area contributed by atoms with Crippen molar-refractivity contribution < 1.29 is 27.8 Å². The lowest BCUT2D eigenvalue weighted by molar-refractivity contribution is -0.143. The molecule has 1 N–H and O–H groups in total. The van der Waals surface area contributed by atoms with Gasteiger partial charge in [0.05, 0.1) is 19.8 Å². The van der Waals surface area contributed by atoms with Crippen molar-refractivity contribution in [3.8, 4) is 5.75 Å². The van der Waals surface area contributed by atoms with Crippen molar-refractivity contribution in [3.05, 3.63) is 63.1 Å². The van der Waals surface area contributed by atoms with Crippen molar-refractivity contribution in [2.75, 3.05) is 7.11 Å². The average Bonchev–Trinajstić information content (AvgIpc) is 3.65. The number of hydrogen-bond donors (Lipinski definition) is 1.